The van der Waals surface area contributed by atoms with Gasteiger partial charge in [0.15, 0.2) is 0 Å². The van der Waals surface area contributed by atoms with Crippen LogP contribution in [-0.4, -0.2) is 21.6 Å². The number of rotatable bonds is 5. The van der Waals surface area contributed by atoms with Gasteiger partial charge in [-0.25, -0.2) is 0 Å². The van der Waals surface area contributed by atoms with Crippen LogP contribution in [0.1, 0.15) is 45.4 Å². The maximum Gasteiger partial charge on any atom is 0.319 e. The van der Waals surface area contributed by atoms with Crippen molar-refractivity contribution >= 4 is 17.7 Å². The molecule has 1 saturated carbocycles. The van der Waals surface area contributed by atoms with E-state index in [2.05, 4.69) is 6.92 Å². The Balaban J connectivity index is 2.43. The number of aliphatic carboxylic acids is 1. The third-order valence-electron chi connectivity index (χ3n) is 2.68. The van der Waals surface area contributed by atoms with Crippen LogP contribution in [0.4, 0.5) is 0 Å². The second-order valence-electron chi connectivity index (χ2n) is 3.71. The predicted molar refractivity (Wildman–Crippen MR) is 56.2 cm³/mol. The number of carbonyl (C=O) groups is 1. The summed E-state index contributed by atoms with van der Waals surface area (Å²) < 4.78 is -0.421. The average molecular weight is 202 g/mol. The molecule has 76 valence electrons. The van der Waals surface area contributed by atoms with Crippen molar-refractivity contribution in [1.29, 1.82) is 0 Å². The summed E-state index contributed by atoms with van der Waals surface area (Å²) in [4.78, 5) is 11.1. The number of hydrogen-bond donors (Lipinski definition) is 1. The van der Waals surface area contributed by atoms with E-state index in [1.54, 1.807) is 11.8 Å². The van der Waals surface area contributed by atoms with Gasteiger partial charge >= 0.3 is 5.97 Å². The van der Waals surface area contributed by atoms with Crippen LogP contribution in [0.2, 0.25) is 0 Å². The normalized spacial score (nSPS) is 20.4. The van der Waals surface area contributed by atoms with Crippen molar-refractivity contribution in [3.05, 3.63) is 0 Å². The molecule has 0 aromatic heterocycles. The van der Waals surface area contributed by atoms with E-state index in [1.165, 1.54) is 0 Å². The third kappa shape index (κ3) is 2.63. The van der Waals surface area contributed by atoms with Crippen molar-refractivity contribution in [1.82, 2.24) is 0 Å². The highest BCUT2D eigenvalue weighted by Crippen LogP contribution is 2.42. The first-order chi connectivity index (χ1) is 6.21. The maximum absolute atomic E-state index is 11.1. The lowest BCUT2D eigenvalue weighted by molar-refractivity contribution is -0.139. The second kappa shape index (κ2) is 4.89. The Kier molecular flexibility index (Phi) is 4.10. The van der Waals surface area contributed by atoms with Crippen LogP contribution in [0.3, 0.4) is 0 Å². The molecular formula is C10H18O2S. The van der Waals surface area contributed by atoms with E-state index in [1.807, 2.05) is 0 Å². The summed E-state index contributed by atoms with van der Waals surface area (Å²) in [5, 5.41) is 9.14. The van der Waals surface area contributed by atoms with E-state index in [4.69, 9.17) is 5.11 Å². The Morgan fingerprint density at radius 2 is 2.08 bits per heavy atom. The molecule has 13 heavy (non-hydrogen) atoms. The SMILES string of the molecule is CCCCSC1(C(=O)O)CCCC1. The largest absolute Gasteiger partial charge is 0.480 e. The molecule has 0 unspecified atom stereocenters. The van der Waals surface area contributed by atoms with Crippen LogP contribution in [0.25, 0.3) is 0 Å². The summed E-state index contributed by atoms with van der Waals surface area (Å²) in [6.07, 6.45) is 6.21. The van der Waals surface area contributed by atoms with Crippen molar-refractivity contribution in [2.45, 2.75) is 50.2 Å². The highest BCUT2D eigenvalue weighted by atomic mass is 32.2. The minimum absolute atomic E-state index is 0.421. The van der Waals surface area contributed by atoms with E-state index >= 15 is 0 Å². The molecule has 0 spiro atoms. The molecular weight excluding hydrogens is 184 g/mol. The number of hydrogen-bond acceptors (Lipinski definition) is 2. The lowest BCUT2D eigenvalue weighted by atomic mass is 10.1. The van der Waals surface area contributed by atoms with Gasteiger partial charge in [0.2, 0.25) is 0 Å². The molecule has 2 nitrogen and oxygen atoms in total. The van der Waals surface area contributed by atoms with E-state index < -0.39 is 10.7 Å². The van der Waals surface area contributed by atoms with Gasteiger partial charge in [-0.3, -0.25) is 4.79 Å². The molecule has 1 rings (SSSR count). The fraction of sp³-hybridized carbons (Fsp3) is 0.900. The Bertz CT molecular complexity index is 174. The average Bonchev–Trinajstić information content (AvgIpc) is 2.55. The Morgan fingerprint density at radius 3 is 2.54 bits per heavy atom. The standard InChI is InChI=1S/C10H18O2S/c1-2-3-8-13-10(9(11)12)6-4-5-7-10/h2-8H2,1H3,(H,11,12). The Hall–Kier alpha value is -0.180. The highest BCUT2D eigenvalue weighted by molar-refractivity contribution is 8.01. The molecule has 0 aliphatic heterocycles. The minimum atomic E-state index is -0.592. The molecule has 1 aliphatic carbocycles. The summed E-state index contributed by atoms with van der Waals surface area (Å²) >= 11 is 1.66. The smallest absolute Gasteiger partial charge is 0.319 e. The summed E-state index contributed by atoms with van der Waals surface area (Å²) in [5.41, 5.74) is 0. The molecule has 0 atom stereocenters. The van der Waals surface area contributed by atoms with Crippen molar-refractivity contribution in [3.63, 3.8) is 0 Å². The first kappa shape index (κ1) is 10.9. The van der Waals surface area contributed by atoms with Crippen LogP contribution < -0.4 is 0 Å². The van der Waals surface area contributed by atoms with Crippen LogP contribution in [0, 0.1) is 0 Å². The number of carboxylic acids is 1. The van der Waals surface area contributed by atoms with Gasteiger partial charge in [-0.1, -0.05) is 26.2 Å². The topological polar surface area (TPSA) is 37.3 Å². The van der Waals surface area contributed by atoms with Gasteiger partial charge in [0.25, 0.3) is 0 Å². The summed E-state index contributed by atoms with van der Waals surface area (Å²) in [5.74, 6) is 0.411. The summed E-state index contributed by atoms with van der Waals surface area (Å²) in [6, 6.07) is 0. The predicted octanol–water partition coefficient (Wildman–Crippen LogP) is 2.92. The molecule has 1 N–H and O–H groups in total. The Morgan fingerprint density at radius 1 is 1.46 bits per heavy atom. The van der Waals surface area contributed by atoms with E-state index in [-0.39, 0.29) is 0 Å². The molecule has 0 saturated heterocycles. The lowest BCUT2D eigenvalue weighted by Crippen LogP contribution is -2.31. The highest BCUT2D eigenvalue weighted by Gasteiger charge is 2.41. The Labute approximate surface area is 84.1 Å². The lowest BCUT2D eigenvalue weighted by Gasteiger charge is -2.22. The first-order valence-corrected chi connectivity index (χ1v) is 6.07. The molecule has 3 heteroatoms. The van der Waals surface area contributed by atoms with Crippen LogP contribution >= 0.6 is 11.8 Å². The third-order valence-corrected chi connectivity index (χ3v) is 4.31. The summed E-state index contributed by atoms with van der Waals surface area (Å²) in [6.45, 7) is 2.14. The van der Waals surface area contributed by atoms with Gasteiger partial charge in [-0.15, -0.1) is 11.8 Å². The van der Waals surface area contributed by atoms with Crippen LogP contribution in [0.15, 0.2) is 0 Å². The molecule has 0 bridgehead atoms. The van der Waals surface area contributed by atoms with E-state index in [0.717, 1.165) is 44.3 Å². The molecule has 1 fully saturated rings. The van der Waals surface area contributed by atoms with Crippen molar-refractivity contribution in [3.8, 4) is 0 Å². The number of thioether (sulfide) groups is 1. The monoisotopic (exact) mass is 202 g/mol. The first-order valence-electron chi connectivity index (χ1n) is 5.08. The van der Waals surface area contributed by atoms with Gasteiger partial charge in [0.1, 0.15) is 4.75 Å². The molecule has 1 aliphatic rings. The van der Waals surface area contributed by atoms with Crippen LogP contribution in [-0.2, 0) is 4.79 Å². The fourth-order valence-electron chi connectivity index (χ4n) is 1.78. The minimum Gasteiger partial charge on any atom is -0.480 e. The molecule has 0 aromatic carbocycles. The molecule has 0 aromatic rings. The van der Waals surface area contributed by atoms with Gasteiger partial charge in [0.05, 0.1) is 0 Å². The molecule has 0 heterocycles. The zero-order valence-electron chi connectivity index (χ0n) is 8.21. The van der Waals surface area contributed by atoms with Gasteiger partial charge in [-0.05, 0) is 25.0 Å². The zero-order chi connectivity index (χ0) is 9.73. The van der Waals surface area contributed by atoms with Crippen molar-refractivity contribution in [2.24, 2.45) is 0 Å². The van der Waals surface area contributed by atoms with Gasteiger partial charge in [-0.2, -0.15) is 0 Å². The zero-order valence-corrected chi connectivity index (χ0v) is 9.03. The maximum atomic E-state index is 11.1. The quantitative estimate of drug-likeness (QED) is 0.696. The van der Waals surface area contributed by atoms with Crippen molar-refractivity contribution in [2.75, 3.05) is 5.75 Å². The summed E-state index contributed by atoms with van der Waals surface area (Å²) in [7, 11) is 0. The molecule has 0 radical (unpaired) electrons. The van der Waals surface area contributed by atoms with Gasteiger partial charge < -0.3 is 5.11 Å². The number of carboxylic acid groups (broad SMARTS) is 1. The van der Waals surface area contributed by atoms with Gasteiger partial charge in [0, 0.05) is 0 Å². The fourth-order valence-corrected chi connectivity index (χ4v) is 3.30. The molecule has 0 amide bonds. The van der Waals surface area contributed by atoms with Crippen molar-refractivity contribution < 1.29 is 9.90 Å². The second-order valence-corrected chi connectivity index (χ2v) is 5.19. The van der Waals surface area contributed by atoms with Crippen LogP contribution in [0.5, 0.6) is 0 Å². The number of unbranched alkanes of at least 4 members (excludes halogenated alkanes) is 1. The van der Waals surface area contributed by atoms with E-state index in [9.17, 15) is 4.79 Å². The van der Waals surface area contributed by atoms with E-state index in [0.29, 0.717) is 0 Å².